The van der Waals surface area contributed by atoms with Crippen molar-refractivity contribution in [2.45, 2.75) is 96.2 Å². The molecule has 0 aliphatic carbocycles. The van der Waals surface area contributed by atoms with Crippen molar-refractivity contribution in [2.75, 3.05) is 73.4 Å². The maximum atomic E-state index is 14.1. The monoisotopic (exact) mass is 1120 g/mol. The van der Waals surface area contributed by atoms with E-state index in [1.165, 1.54) is 12.2 Å². The van der Waals surface area contributed by atoms with Gasteiger partial charge in [0.2, 0.25) is 29.5 Å². The molecule has 0 radical (unpaired) electrons. The van der Waals surface area contributed by atoms with Crippen molar-refractivity contribution < 1.29 is 47.8 Å². The van der Waals surface area contributed by atoms with Crippen LogP contribution in [0.25, 0.3) is 21.5 Å². The van der Waals surface area contributed by atoms with Crippen molar-refractivity contribution in [3.63, 3.8) is 0 Å². The van der Waals surface area contributed by atoms with E-state index in [4.69, 9.17) is 26.8 Å². The SMILES string of the molecule is CC(C)C(NC(=O)CCCCN1C(=O)C=CC1=O)C(=O)NC(CCCN)C(=O)Nc1ccc(COc2cc3c(c4ccccc24)CCN3C(=O)CCCC(=O)N2CC(CCl)c3c2cc(OC(=O)N2CCNCC2)c2ccccc32)cc1. The van der Waals surface area contributed by atoms with Gasteiger partial charge < -0.3 is 51.2 Å². The molecule has 20 heteroatoms. The Kier molecular flexibility index (Phi) is 19.0. The molecule has 3 atom stereocenters. The number of fused-ring (bicyclic) bond motifs is 6. The highest BCUT2D eigenvalue weighted by Gasteiger charge is 2.36. The molecule has 19 nitrogen and oxygen atoms in total. The van der Waals surface area contributed by atoms with Crippen LogP contribution in [0.15, 0.2) is 97.1 Å². The van der Waals surface area contributed by atoms with Crippen molar-refractivity contribution in [3.05, 3.63) is 114 Å². The summed E-state index contributed by atoms with van der Waals surface area (Å²) in [7, 11) is 0. The van der Waals surface area contributed by atoms with E-state index in [9.17, 15) is 38.4 Å². The minimum Gasteiger partial charge on any atom is -0.488 e. The molecule has 0 spiro atoms. The summed E-state index contributed by atoms with van der Waals surface area (Å²) in [5, 5.41) is 15.3. The van der Waals surface area contributed by atoms with Crippen molar-refractivity contribution >= 4 is 97.7 Å². The Labute approximate surface area is 475 Å². The molecule has 0 aromatic heterocycles. The van der Waals surface area contributed by atoms with Gasteiger partial charge in [0.25, 0.3) is 11.8 Å². The molecule has 5 aromatic rings. The maximum absolute atomic E-state index is 14.1. The number of benzene rings is 5. The normalized spacial score (nSPS) is 16.4. The number of anilines is 3. The lowest BCUT2D eigenvalue weighted by Gasteiger charge is -2.27. The number of unbranched alkanes of at least 4 members (excludes halogenated alkanes) is 1. The number of nitrogens with zero attached hydrogens (tertiary/aromatic N) is 4. The van der Waals surface area contributed by atoms with Gasteiger partial charge in [0.05, 0.1) is 11.4 Å². The largest absolute Gasteiger partial charge is 0.488 e. The average Bonchev–Trinajstić information content (AvgIpc) is 4.21. The zero-order chi connectivity index (χ0) is 57.2. The van der Waals surface area contributed by atoms with Gasteiger partial charge in [0.1, 0.15) is 30.2 Å². The van der Waals surface area contributed by atoms with E-state index in [2.05, 4.69) is 21.3 Å². The Bertz CT molecular complexity index is 3220. The second-order valence-corrected chi connectivity index (χ2v) is 21.6. The summed E-state index contributed by atoms with van der Waals surface area (Å²) < 4.78 is 12.5. The van der Waals surface area contributed by atoms with Gasteiger partial charge >= 0.3 is 6.09 Å². The lowest BCUT2D eigenvalue weighted by Crippen LogP contribution is -2.54. The van der Waals surface area contributed by atoms with Crippen molar-refractivity contribution in [3.8, 4) is 11.5 Å². The molecule has 4 heterocycles. The van der Waals surface area contributed by atoms with Gasteiger partial charge in [-0.2, -0.15) is 0 Å². The third-order valence-electron chi connectivity index (χ3n) is 15.4. The summed E-state index contributed by atoms with van der Waals surface area (Å²) in [6.45, 7) is 7.56. The second-order valence-electron chi connectivity index (χ2n) is 21.3. The fourth-order valence-electron chi connectivity index (χ4n) is 11.1. The summed E-state index contributed by atoms with van der Waals surface area (Å²) in [6, 6.07) is 24.6. The van der Waals surface area contributed by atoms with E-state index in [0.717, 1.165) is 48.8 Å². The molecule has 3 unspecified atom stereocenters. The van der Waals surface area contributed by atoms with Crippen LogP contribution >= 0.6 is 11.6 Å². The van der Waals surface area contributed by atoms with Gasteiger partial charge in [0, 0.05) is 118 Å². The Balaban J connectivity index is 0.795. The number of hydrogen-bond acceptors (Lipinski definition) is 12. The quantitative estimate of drug-likeness (QED) is 0.0258. The molecular weight excluding hydrogens is 1050 g/mol. The number of rotatable bonds is 23. The summed E-state index contributed by atoms with van der Waals surface area (Å²) in [4.78, 5) is 112. The summed E-state index contributed by atoms with van der Waals surface area (Å²) in [6.07, 6.45) is 4.89. The van der Waals surface area contributed by atoms with Crippen LogP contribution in [0.3, 0.4) is 0 Å². The van der Waals surface area contributed by atoms with Crippen LogP contribution in [-0.4, -0.2) is 128 Å². The number of halogens is 1. The van der Waals surface area contributed by atoms with Gasteiger partial charge in [-0.05, 0) is 90.6 Å². The number of amides is 8. The molecule has 1 saturated heterocycles. The van der Waals surface area contributed by atoms with Gasteiger partial charge in [0.15, 0.2) is 0 Å². The number of nitrogens with one attached hydrogen (secondary N) is 4. The molecule has 4 aliphatic heterocycles. The Morgan fingerprint density at radius 3 is 2.06 bits per heavy atom. The van der Waals surface area contributed by atoms with Crippen molar-refractivity contribution in [1.29, 1.82) is 0 Å². The van der Waals surface area contributed by atoms with Gasteiger partial charge in [-0.15, -0.1) is 11.6 Å². The topological polar surface area (TPSA) is 242 Å². The van der Waals surface area contributed by atoms with Crippen LogP contribution in [-0.2, 0) is 46.6 Å². The number of carbonyl (C=O) groups is 8. The number of piperazine rings is 1. The lowest BCUT2D eigenvalue weighted by atomic mass is 9.95. The minimum atomic E-state index is -0.940. The number of hydrogen-bond donors (Lipinski definition) is 5. The lowest BCUT2D eigenvalue weighted by molar-refractivity contribution is -0.137. The van der Waals surface area contributed by atoms with E-state index in [0.29, 0.717) is 107 Å². The minimum absolute atomic E-state index is 0.0864. The van der Waals surface area contributed by atoms with Gasteiger partial charge in [-0.3, -0.25) is 38.5 Å². The standard InChI is InChI=1S/C61H70ClN9O10/c1-38(2)58(67-52(72)16-7-8-29-70-55(75)23-24-56(70)76)60(78)66-47(15-10-26-63)59(77)65-41-21-19-39(20-22-41)37-80-50-33-48-43(42-11-3-4-12-44(42)50)25-30-69(48)53(73)17-9-18-54(74)71-36-40(35-62)57-46-14-6-5-13-45(46)51(34-49(57)71)81-61(79)68-31-27-64-28-32-68/h3-6,11-14,19-24,33-34,38,40,47,58,64H,7-10,15-18,25-32,35-37,63H2,1-2H3,(H,65,77)(H,66,78)(H,67,72). The molecule has 9 rings (SSSR count). The Morgan fingerprint density at radius 1 is 0.728 bits per heavy atom. The summed E-state index contributed by atoms with van der Waals surface area (Å²) >= 11 is 6.55. The molecule has 4 aliphatic rings. The maximum Gasteiger partial charge on any atom is 0.415 e. The first kappa shape index (κ1) is 57.8. The second kappa shape index (κ2) is 26.6. The fourth-order valence-corrected chi connectivity index (χ4v) is 11.3. The molecule has 6 N–H and O–H groups in total. The Morgan fingerprint density at radius 2 is 1.38 bits per heavy atom. The first-order valence-electron chi connectivity index (χ1n) is 28.0. The molecule has 0 saturated carbocycles. The van der Waals surface area contributed by atoms with E-state index >= 15 is 0 Å². The fraction of sp³-hybridized carbons (Fsp3) is 0.410. The predicted molar refractivity (Wildman–Crippen MR) is 310 cm³/mol. The van der Waals surface area contributed by atoms with Crippen LogP contribution in [0.2, 0.25) is 0 Å². The zero-order valence-electron chi connectivity index (χ0n) is 45.8. The molecule has 0 bridgehead atoms. The van der Waals surface area contributed by atoms with Crippen LogP contribution in [0.4, 0.5) is 21.9 Å². The predicted octanol–water partition coefficient (Wildman–Crippen LogP) is 6.80. The number of nitrogens with two attached hydrogens (primary N) is 1. The summed E-state index contributed by atoms with van der Waals surface area (Å²) in [5.41, 5.74) is 10.5. The molecule has 81 heavy (non-hydrogen) atoms. The smallest absolute Gasteiger partial charge is 0.415 e. The highest BCUT2D eigenvalue weighted by molar-refractivity contribution is 6.19. The third kappa shape index (κ3) is 13.5. The van der Waals surface area contributed by atoms with E-state index in [1.807, 2.05) is 66.7 Å². The highest BCUT2D eigenvalue weighted by atomic mass is 35.5. The highest BCUT2D eigenvalue weighted by Crippen LogP contribution is 2.46. The first-order chi connectivity index (χ1) is 39.2. The average molecular weight is 1120 g/mol. The molecule has 8 amide bonds. The zero-order valence-corrected chi connectivity index (χ0v) is 46.6. The molecular formula is C61H70ClN9O10. The molecule has 5 aromatic carbocycles. The van der Waals surface area contributed by atoms with E-state index < -0.39 is 30.0 Å². The first-order valence-corrected chi connectivity index (χ1v) is 28.6. The summed E-state index contributed by atoms with van der Waals surface area (Å²) in [5.74, 6) is -1.46. The number of alkyl halides is 1. The number of carbonyl (C=O) groups excluding carboxylic acids is 8. The van der Waals surface area contributed by atoms with Crippen LogP contribution in [0.5, 0.6) is 11.5 Å². The third-order valence-corrected chi connectivity index (χ3v) is 15.8. The number of imide groups is 1. The van der Waals surface area contributed by atoms with Crippen LogP contribution < -0.4 is 46.3 Å². The van der Waals surface area contributed by atoms with E-state index in [-0.39, 0.29) is 80.2 Å². The molecule has 426 valence electrons. The molecule has 1 fully saturated rings. The van der Waals surface area contributed by atoms with E-state index in [1.54, 1.807) is 46.7 Å². The van der Waals surface area contributed by atoms with Crippen molar-refractivity contribution in [1.82, 2.24) is 25.8 Å². The van der Waals surface area contributed by atoms with Crippen LogP contribution in [0, 0.1) is 5.92 Å². The van der Waals surface area contributed by atoms with Crippen LogP contribution in [0.1, 0.15) is 87.8 Å². The Hall–Kier alpha value is -7.87. The van der Waals surface area contributed by atoms with Gasteiger partial charge in [-0.25, -0.2) is 4.79 Å². The number of ether oxygens (including phenoxy) is 2. The van der Waals surface area contributed by atoms with Gasteiger partial charge in [-0.1, -0.05) is 74.5 Å². The van der Waals surface area contributed by atoms with Crippen molar-refractivity contribution in [2.24, 2.45) is 11.7 Å².